The SMILES string of the molecule is O=C(CCCc1nc2ccccc2s1)NC(c1ccccc1)C1CC1. The number of aromatic nitrogens is 1. The molecule has 1 N–H and O–H groups in total. The normalized spacial score (nSPS) is 15.2. The van der Waals surface area contributed by atoms with E-state index in [9.17, 15) is 4.79 Å². The lowest BCUT2D eigenvalue weighted by Gasteiger charge is -2.18. The maximum Gasteiger partial charge on any atom is 0.220 e. The zero-order valence-electron chi connectivity index (χ0n) is 14.2. The van der Waals surface area contributed by atoms with Gasteiger partial charge in [0.05, 0.1) is 21.3 Å². The van der Waals surface area contributed by atoms with Gasteiger partial charge >= 0.3 is 0 Å². The van der Waals surface area contributed by atoms with Crippen LogP contribution in [0.2, 0.25) is 0 Å². The summed E-state index contributed by atoms with van der Waals surface area (Å²) in [6.45, 7) is 0. The van der Waals surface area contributed by atoms with Crippen LogP contribution >= 0.6 is 11.3 Å². The van der Waals surface area contributed by atoms with E-state index in [1.807, 2.05) is 36.4 Å². The molecule has 25 heavy (non-hydrogen) atoms. The second kappa shape index (κ2) is 7.36. The Balaban J connectivity index is 1.31. The first-order valence-electron chi connectivity index (χ1n) is 8.98. The smallest absolute Gasteiger partial charge is 0.220 e. The minimum absolute atomic E-state index is 0.155. The van der Waals surface area contributed by atoms with Gasteiger partial charge in [-0.15, -0.1) is 11.3 Å². The van der Waals surface area contributed by atoms with Gasteiger partial charge in [0.25, 0.3) is 0 Å². The zero-order chi connectivity index (χ0) is 17.1. The summed E-state index contributed by atoms with van der Waals surface area (Å²) in [5, 5.41) is 4.37. The number of nitrogens with one attached hydrogen (secondary N) is 1. The molecule has 0 aliphatic heterocycles. The lowest BCUT2D eigenvalue weighted by molar-refractivity contribution is -0.122. The van der Waals surface area contributed by atoms with Gasteiger partial charge in [0.1, 0.15) is 0 Å². The van der Waals surface area contributed by atoms with Gasteiger partial charge in [0.2, 0.25) is 5.91 Å². The molecule has 0 saturated heterocycles. The maximum atomic E-state index is 12.4. The molecule has 1 aliphatic rings. The minimum Gasteiger partial charge on any atom is -0.349 e. The highest BCUT2D eigenvalue weighted by atomic mass is 32.1. The van der Waals surface area contributed by atoms with Gasteiger partial charge in [0, 0.05) is 6.42 Å². The molecule has 2 aromatic carbocycles. The van der Waals surface area contributed by atoms with Crippen molar-refractivity contribution in [2.75, 3.05) is 0 Å². The lowest BCUT2D eigenvalue weighted by atomic mass is 10.0. The molecule has 4 rings (SSSR count). The number of nitrogens with zero attached hydrogens (tertiary/aromatic N) is 1. The molecule has 1 heterocycles. The molecular weight excluding hydrogens is 328 g/mol. The molecule has 1 unspecified atom stereocenters. The van der Waals surface area contributed by atoms with Crippen molar-refractivity contribution in [3.05, 3.63) is 65.2 Å². The van der Waals surface area contributed by atoms with Crippen LogP contribution in [0.4, 0.5) is 0 Å². The number of hydrogen-bond donors (Lipinski definition) is 1. The Bertz CT molecular complexity index is 821. The number of hydrogen-bond acceptors (Lipinski definition) is 3. The third-order valence-electron chi connectivity index (χ3n) is 4.70. The van der Waals surface area contributed by atoms with Crippen LogP contribution in [0, 0.1) is 5.92 Å². The molecule has 1 fully saturated rings. The van der Waals surface area contributed by atoms with Crippen LogP contribution < -0.4 is 5.32 Å². The second-order valence-electron chi connectivity index (χ2n) is 6.72. The van der Waals surface area contributed by atoms with E-state index in [-0.39, 0.29) is 11.9 Å². The monoisotopic (exact) mass is 350 g/mol. The molecule has 0 spiro atoms. The Labute approximate surface area is 152 Å². The first kappa shape index (κ1) is 16.3. The fourth-order valence-corrected chi connectivity index (χ4v) is 4.25. The predicted octanol–water partition coefficient (Wildman–Crippen LogP) is 4.89. The molecule has 1 amide bonds. The number of rotatable bonds is 7. The number of carbonyl (C=O) groups is 1. The number of amides is 1. The van der Waals surface area contributed by atoms with Gasteiger partial charge in [-0.2, -0.15) is 0 Å². The summed E-state index contributed by atoms with van der Waals surface area (Å²) < 4.78 is 1.22. The van der Waals surface area contributed by atoms with Crippen molar-refractivity contribution in [2.45, 2.75) is 38.1 Å². The predicted molar refractivity (Wildman–Crippen MR) is 103 cm³/mol. The molecule has 0 radical (unpaired) electrons. The van der Waals surface area contributed by atoms with Crippen LogP contribution in [0.1, 0.15) is 42.3 Å². The number of fused-ring (bicyclic) bond motifs is 1. The summed E-state index contributed by atoms with van der Waals surface area (Å²) in [5.74, 6) is 0.762. The van der Waals surface area contributed by atoms with Crippen LogP contribution in [-0.4, -0.2) is 10.9 Å². The fraction of sp³-hybridized carbons (Fsp3) is 0.333. The van der Waals surface area contributed by atoms with Crippen molar-refractivity contribution in [3.8, 4) is 0 Å². The second-order valence-corrected chi connectivity index (χ2v) is 7.84. The lowest BCUT2D eigenvalue weighted by Crippen LogP contribution is -2.29. The van der Waals surface area contributed by atoms with Crippen LogP contribution in [0.5, 0.6) is 0 Å². The van der Waals surface area contributed by atoms with Gasteiger partial charge < -0.3 is 5.32 Å². The number of benzene rings is 2. The summed E-state index contributed by atoms with van der Waals surface area (Å²) in [6.07, 6.45) is 4.70. The van der Waals surface area contributed by atoms with Gasteiger partial charge in [-0.05, 0) is 49.3 Å². The van der Waals surface area contributed by atoms with E-state index in [1.54, 1.807) is 11.3 Å². The van der Waals surface area contributed by atoms with Crippen molar-refractivity contribution >= 4 is 27.5 Å². The fourth-order valence-electron chi connectivity index (χ4n) is 3.24. The van der Waals surface area contributed by atoms with Crippen molar-refractivity contribution in [3.63, 3.8) is 0 Å². The Kier molecular flexibility index (Phi) is 4.79. The zero-order valence-corrected chi connectivity index (χ0v) is 15.0. The molecule has 3 nitrogen and oxygen atoms in total. The Morgan fingerprint density at radius 2 is 1.88 bits per heavy atom. The van der Waals surface area contributed by atoms with Crippen LogP contribution in [0.15, 0.2) is 54.6 Å². The first-order valence-corrected chi connectivity index (χ1v) is 9.80. The highest BCUT2D eigenvalue weighted by Crippen LogP contribution is 2.41. The summed E-state index contributed by atoms with van der Waals surface area (Å²) in [7, 11) is 0. The van der Waals surface area contributed by atoms with E-state index in [1.165, 1.54) is 23.1 Å². The van der Waals surface area contributed by atoms with E-state index < -0.39 is 0 Å². The van der Waals surface area contributed by atoms with E-state index in [0.29, 0.717) is 12.3 Å². The number of carbonyl (C=O) groups excluding carboxylic acids is 1. The van der Waals surface area contributed by atoms with E-state index in [4.69, 9.17) is 0 Å². The van der Waals surface area contributed by atoms with Crippen molar-refractivity contribution in [1.82, 2.24) is 10.3 Å². The molecule has 1 atom stereocenters. The Morgan fingerprint density at radius 3 is 2.64 bits per heavy atom. The average Bonchev–Trinajstić information content (AvgIpc) is 3.39. The van der Waals surface area contributed by atoms with Gasteiger partial charge in [-0.1, -0.05) is 42.5 Å². The van der Waals surface area contributed by atoms with Gasteiger partial charge in [0.15, 0.2) is 0 Å². The molecule has 1 saturated carbocycles. The summed E-state index contributed by atoms with van der Waals surface area (Å²) in [5.41, 5.74) is 2.29. The molecule has 1 aromatic heterocycles. The largest absolute Gasteiger partial charge is 0.349 e. The summed E-state index contributed by atoms with van der Waals surface area (Å²) in [4.78, 5) is 17.0. The summed E-state index contributed by atoms with van der Waals surface area (Å²) >= 11 is 1.73. The third kappa shape index (κ3) is 4.07. The number of thiazole rings is 1. The molecule has 4 heteroatoms. The molecule has 128 valence electrons. The number of para-hydroxylation sites is 1. The van der Waals surface area contributed by atoms with Crippen molar-refractivity contribution < 1.29 is 4.79 Å². The maximum absolute atomic E-state index is 12.4. The third-order valence-corrected chi connectivity index (χ3v) is 5.80. The molecule has 1 aliphatic carbocycles. The van der Waals surface area contributed by atoms with E-state index >= 15 is 0 Å². The van der Waals surface area contributed by atoms with Gasteiger partial charge in [-0.25, -0.2) is 4.98 Å². The van der Waals surface area contributed by atoms with Crippen LogP contribution in [0.25, 0.3) is 10.2 Å². The quantitative estimate of drug-likeness (QED) is 0.659. The molecular formula is C21H22N2OS. The van der Waals surface area contributed by atoms with Crippen LogP contribution in [0.3, 0.4) is 0 Å². The molecule has 0 bridgehead atoms. The van der Waals surface area contributed by atoms with Gasteiger partial charge in [-0.3, -0.25) is 4.79 Å². The Hall–Kier alpha value is -2.20. The van der Waals surface area contributed by atoms with Crippen molar-refractivity contribution in [1.29, 1.82) is 0 Å². The van der Waals surface area contributed by atoms with E-state index in [0.717, 1.165) is 23.4 Å². The number of aryl methyl sites for hydroxylation is 1. The standard InChI is InChI=1S/C21H22N2OS/c24-19(23-21(16-13-14-16)15-7-2-1-3-8-15)11-6-12-20-22-17-9-4-5-10-18(17)25-20/h1-5,7-10,16,21H,6,11-14H2,(H,23,24). The highest BCUT2D eigenvalue weighted by molar-refractivity contribution is 7.18. The highest BCUT2D eigenvalue weighted by Gasteiger charge is 2.33. The first-order chi connectivity index (χ1) is 12.3. The van der Waals surface area contributed by atoms with Crippen molar-refractivity contribution in [2.24, 2.45) is 5.92 Å². The molecule has 3 aromatic rings. The minimum atomic E-state index is 0.155. The average molecular weight is 350 g/mol. The van der Waals surface area contributed by atoms with Crippen LogP contribution in [-0.2, 0) is 11.2 Å². The topological polar surface area (TPSA) is 42.0 Å². The Morgan fingerprint density at radius 1 is 1.12 bits per heavy atom. The van der Waals surface area contributed by atoms with E-state index in [2.05, 4.69) is 28.5 Å². The summed E-state index contributed by atoms with van der Waals surface area (Å²) in [6, 6.07) is 18.7.